The Labute approximate surface area is 443 Å². The van der Waals surface area contributed by atoms with Crippen molar-refractivity contribution in [3.8, 4) is 0 Å². The number of allylic oxidation sites excluding steroid dienone is 26. The van der Waals surface area contributed by atoms with Gasteiger partial charge in [-0.3, -0.25) is 9.59 Å². The number of unbranched alkanes of at least 4 members (excludes halogenated alkanes) is 17. The molecule has 0 aromatic rings. The highest BCUT2D eigenvalue weighted by atomic mass is 16.6. The van der Waals surface area contributed by atoms with Crippen LogP contribution < -0.4 is 0 Å². The topological polar surface area (TPSA) is 72.8 Å². The zero-order valence-corrected chi connectivity index (χ0v) is 46.1. The number of hydrogen-bond donors (Lipinski definition) is 1. The lowest BCUT2D eigenvalue weighted by Crippen LogP contribution is -2.28. The number of ether oxygens (including phenoxy) is 2. The maximum Gasteiger partial charge on any atom is 0.306 e. The molecule has 0 rings (SSSR count). The summed E-state index contributed by atoms with van der Waals surface area (Å²) < 4.78 is 10.7. The van der Waals surface area contributed by atoms with Gasteiger partial charge in [0.1, 0.15) is 6.61 Å². The van der Waals surface area contributed by atoms with E-state index in [4.69, 9.17) is 9.47 Å². The van der Waals surface area contributed by atoms with Crippen molar-refractivity contribution in [3.63, 3.8) is 0 Å². The number of hydrogen-bond acceptors (Lipinski definition) is 5. The minimum atomic E-state index is -0.791. The normalized spacial score (nSPS) is 13.4. The second-order valence-corrected chi connectivity index (χ2v) is 18.6. The Morgan fingerprint density at radius 1 is 0.319 bits per heavy atom. The summed E-state index contributed by atoms with van der Waals surface area (Å²) >= 11 is 0. The molecule has 1 unspecified atom stereocenters. The summed E-state index contributed by atoms with van der Waals surface area (Å²) in [4.78, 5) is 24.5. The maximum absolute atomic E-state index is 12.3. The first-order valence-corrected chi connectivity index (χ1v) is 29.0. The molecule has 404 valence electrons. The van der Waals surface area contributed by atoms with E-state index in [1.807, 2.05) is 0 Å². The average Bonchev–Trinajstić information content (AvgIpc) is 3.38. The van der Waals surface area contributed by atoms with Gasteiger partial charge in [0, 0.05) is 12.8 Å². The van der Waals surface area contributed by atoms with Crippen LogP contribution in [0.1, 0.15) is 232 Å². The van der Waals surface area contributed by atoms with E-state index >= 15 is 0 Å². The molecule has 0 bridgehead atoms. The van der Waals surface area contributed by atoms with Gasteiger partial charge in [0.2, 0.25) is 0 Å². The van der Waals surface area contributed by atoms with Gasteiger partial charge in [0.15, 0.2) is 6.10 Å². The molecule has 0 aliphatic rings. The predicted octanol–water partition coefficient (Wildman–Crippen LogP) is 20.0. The second-order valence-electron chi connectivity index (χ2n) is 18.6. The van der Waals surface area contributed by atoms with Crippen LogP contribution in [0, 0.1) is 0 Å². The van der Waals surface area contributed by atoms with Gasteiger partial charge in [0.25, 0.3) is 0 Å². The molecule has 1 atom stereocenters. The van der Waals surface area contributed by atoms with E-state index in [2.05, 4.69) is 172 Å². The van der Waals surface area contributed by atoms with Crippen molar-refractivity contribution in [1.82, 2.24) is 0 Å². The second kappa shape index (κ2) is 60.8. The molecule has 72 heavy (non-hydrogen) atoms. The molecular weight excluding hydrogens is 885 g/mol. The lowest BCUT2D eigenvalue weighted by atomic mass is 10.0. The van der Waals surface area contributed by atoms with Crippen LogP contribution in [-0.4, -0.2) is 36.4 Å². The number of carbonyl (C=O) groups excluding carboxylic acids is 2. The fraction of sp³-hybridized carbons (Fsp3) is 0.582. The smallest absolute Gasteiger partial charge is 0.306 e. The standard InChI is InChI=1S/C67H106O5/c1-3-5-7-9-11-13-15-17-19-21-23-24-25-26-27-28-29-30-31-32-33-34-35-36-37-38-39-40-41-42-44-46-48-50-52-54-56-58-60-62-67(70)72-65(63-68)64-71-66(69)61-59-57-55-53-51-49-47-45-43-22-20-18-16-14-12-10-8-6-4-2/h5-8,11-14,17-20,23-24,26-27,29-30,32-33,35-36,38-39,43,45,65,68H,3-4,9-10,15-16,21-22,25,28,31,34,37,40-42,44,46-64H2,1-2H3/b7-5-,8-6-,13-11-,14-12-,19-17-,20-18-,24-23-,27-26-,30-29-,33-32-,36-35-,39-38-,45-43-. The number of esters is 2. The van der Waals surface area contributed by atoms with E-state index in [1.165, 1.54) is 77.0 Å². The summed E-state index contributed by atoms with van der Waals surface area (Å²) in [5, 5.41) is 9.65. The van der Waals surface area contributed by atoms with Crippen molar-refractivity contribution in [1.29, 1.82) is 0 Å². The van der Waals surface area contributed by atoms with Crippen LogP contribution in [0.2, 0.25) is 0 Å². The lowest BCUT2D eigenvalue weighted by Gasteiger charge is -2.15. The van der Waals surface area contributed by atoms with Gasteiger partial charge in [-0.2, -0.15) is 0 Å². The Hall–Kier alpha value is -4.48. The van der Waals surface area contributed by atoms with E-state index in [0.717, 1.165) is 128 Å². The van der Waals surface area contributed by atoms with Gasteiger partial charge in [-0.15, -0.1) is 0 Å². The van der Waals surface area contributed by atoms with Crippen LogP contribution in [0.25, 0.3) is 0 Å². The molecule has 0 radical (unpaired) electrons. The first-order valence-electron chi connectivity index (χ1n) is 29.0. The molecule has 0 aliphatic carbocycles. The van der Waals surface area contributed by atoms with E-state index < -0.39 is 6.10 Å². The number of rotatable bonds is 51. The first kappa shape index (κ1) is 67.5. The molecule has 0 saturated heterocycles. The average molecular weight is 992 g/mol. The Kier molecular flexibility index (Phi) is 57.0. The molecule has 5 heteroatoms. The molecule has 5 nitrogen and oxygen atoms in total. The predicted molar refractivity (Wildman–Crippen MR) is 315 cm³/mol. The third-order valence-electron chi connectivity index (χ3n) is 11.8. The largest absolute Gasteiger partial charge is 0.462 e. The number of carbonyl (C=O) groups is 2. The molecule has 0 aliphatic heterocycles. The van der Waals surface area contributed by atoms with Crippen LogP contribution in [0.15, 0.2) is 158 Å². The Bertz CT molecular complexity index is 1590. The molecule has 0 amide bonds. The van der Waals surface area contributed by atoms with Crippen molar-refractivity contribution in [2.45, 2.75) is 238 Å². The van der Waals surface area contributed by atoms with Gasteiger partial charge >= 0.3 is 11.9 Å². The van der Waals surface area contributed by atoms with Crippen LogP contribution >= 0.6 is 0 Å². The van der Waals surface area contributed by atoms with E-state index in [0.29, 0.717) is 12.8 Å². The van der Waals surface area contributed by atoms with E-state index in [1.54, 1.807) is 0 Å². The van der Waals surface area contributed by atoms with Crippen molar-refractivity contribution < 1.29 is 24.2 Å². The Morgan fingerprint density at radius 3 is 0.833 bits per heavy atom. The zero-order chi connectivity index (χ0) is 52.0. The summed E-state index contributed by atoms with van der Waals surface area (Å²) in [7, 11) is 0. The SMILES string of the molecule is CC/C=C\C/C=C\C/C=C\C/C=C\C/C=C\C/C=C\C/C=C\C/C=C\C/C=C\CCCCCCCCCCCCCC(=O)OC(CO)COC(=O)CCCCCCCC/C=C\C/C=C\C/C=C\C/C=C\CC. The summed E-state index contributed by atoms with van der Waals surface area (Å²) in [6.45, 7) is 3.89. The molecule has 0 heterocycles. The van der Waals surface area contributed by atoms with Gasteiger partial charge in [-0.25, -0.2) is 0 Å². The number of aliphatic hydroxyl groups is 1. The number of aliphatic hydroxyl groups excluding tert-OH is 1. The van der Waals surface area contributed by atoms with Gasteiger partial charge in [0.05, 0.1) is 6.61 Å². The quantitative estimate of drug-likeness (QED) is 0.0373. The van der Waals surface area contributed by atoms with Gasteiger partial charge in [-0.05, 0) is 122 Å². The summed E-state index contributed by atoms with van der Waals surface area (Å²) in [5.41, 5.74) is 0. The van der Waals surface area contributed by atoms with Crippen LogP contribution in [0.5, 0.6) is 0 Å². The molecule has 0 spiro atoms. The summed E-state index contributed by atoms with van der Waals surface area (Å²) in [6, 6.07) is 0. The molecule has 0 saturated carbocycles. The third-order valence-corrected chi connectivity index (χ3v) is 11.8. The van der Waals surface area contributed by atoms with Gasteiger partial charge in [-0.1, -0.05) is 255 Å². The van der Waals surface area contributed by atoms with Crippen LogP contribution in [-0.2, 0) is 19.1 Å². The van der Waals surface area contributed by atoms with Crippen LogP contribution in [0.4, 0.5) is 0 Å². The van der Waals surface area contributed by atoms with Gasteiger partial charge < -0.3 is 14.6 Å². The zero-order valence-electron chi connectivity index (χ0n) is 46.1. The van der Waals surface area contributed by atoms with E-state index in [9.17, 15) is 14.7 Å². The fourth-order valence-electron chi connectivity index (χ4n) is 7.54. The van der Waals surface area contributed by atoms with Crippen molar-refractivity contribution in [2.24, 2.45) is 0 Å². The molecule has 0 fully saturated rings. The van der Waals surface area contributed by atoms with Crippen molar-refractivity contribution in [3.05, 3.63) is 158 Å². The Morgan fingerprint density at radius 2 is 0.556 bits per heavy atom. The highest BCUT2D eigenvalue weighted by Gasteiger charge is 2.16. The lowest BCUT2D eigenvalue weighted by molar-refractivity contribution is -0.161. The van der Waals surface area contributed by atoms with E-state index in [-0.39, 0.29) is 25.2 Å². The maximum atomic E-state index is 12.3. The first-order chi connectivity index (χ1) is 35.6. The minimum Gasteiger partial charge on any atom is -0.462 e. The molecule has 0 aromatic carbocycles. The minimum absolute atomic E-state index is 0.0833. The van der Waals surface area contributed by atoms with Crippen molar-refractivity contribution in [2.75, 3.05) is 13.2 Å². The molecule has 1 N–H and O–H groups in total. The Balaban J connectivity index is 3.59. The summed E-state index contributed by atoms with van der Waals surface area (Å²) in [6.07, 6.45) is 93.5. The highest BCUT2D eigenvalue weighted by molar-refractivity contribution is 5.70. The third kappa shape index (κ3) is 58.1. The van der Waals surface area contributed by atoms with Crippen LogP contribution in [0.3, 0.4) is 0 Å². The monoisotopic (exact) mass is 991 g/mol. The summed E-state index contributed by atoms with van der Waals surface area (Å²) in [5.74, 6) is -0.619. The highest BCUT2D eigenvalue weighted by Crippen LogP contribution is 2.14. The van der Waals surface area contributed by atoms with Crippen molar-refractivity contribution >= 4 is 11.9 Å². The molecular formula is C67H106O5. The fourth-order valence-corrected chi connectivity index (χ4v) is 7.54. The molecule has 0 aromatic heterocycles.